The predicted molar refractivity (Wildman–Crippen MR) is 76.8 cm³/mol. The third kappa shape index (κ3) is 3.48. The van der Waals surface area contributed by atoms with Crippen molar-refractivity contribution in [1.29, 1.82) is 0 Å². The molecule has 0 saturated carbocycles. The van der Waals surface area contributed by atoms with Gasteiger partial charge in [-0.2, -0.15) is 5.10 Å². The zero-order valence-electron chi connectivity index (χ0n) is 10.3. The molecule has 1 aromatic heterocycles. The van der Waals surface area contributed by atoms with Gasteiger partial charge in [0.2, 0.25) is 0 Å². The van der Waals surface area contributed by atoms with E-state index in [1.165, 1.54) is 6.20 Å². The van der Waals surface area contributed by atoms with Gasteiger partial charge in [-0.05, 0) is 17.7 Å². The summed E-state index contributed by atoms with van der Waals surface area (Å²) in [6.07, 6.45) is 1.44. The summed E-state index contributed by atoms with van der Waals surface area (Å²) in [5.74, 6) is 0. The number of carbonyl (C=O) groups is 1. The lowest BCUT2D eigenvalue weighted by Gasteiger charge is -2.08. The first kappa shape index (κ1) is 13.9. The minimum Gasteiger partial charge on any atom is -0.378 e. The van der Waals surface area contributed by atoms with E-state index in [-0.39, 0.29) is 5.02 Å². The molecule has 0 aliphatic heterocycles. The molecule has 5 N–H and O–H groups in total. The molecule has 0 spiro atoms. The van der Waals surface area contributed by atoms with Crippen LogP contribution in [0.3, 0.4) is 0 Å². The van der Waals surface area contributed by atoms with Crippen molar-refractivity contribution in [2.45, 2.75) is 6.54 Å². The van der Waals surface area contributed by atoms with Crippen LogP contribution in [0.1, 0.15) is 5.56 Å². The van der Waals surface area contributed by atoms with Crippen LogP contribution in [0.25, 0.3) is 0 Å². The van der Waals surface area contributed by atoms with Crippen LogP contribution in [-0.4, -0.2) is 16.2 Å². The maximum atomic E-state index is 11.3. The fraction of sp³-hybridized carbons (Fsp3) is 0.0833. The highest BCUT2D eigenvalue weighted by atomic mass is 35.5. The SMILES string of the molecule is NC(=O)Nc1ccc(CNc2cn[nH]c(=O)c2Cl)cc1. The molecule has 104 valence electrons. The van der Waals surface area contributed by atoms with Gasteiger partial charge in [0.1, 0.15) is 5.02 Å². The number of carbonyl (C=O) groups excluding carboxylic acids is 1. The van der Waals surface area contributed by atoms with Crippen molar-refractivity contribution in [3.63, 3.8) is 0 Å². The van der Waals surface area contributed by atoms with Crippen LogP contribution in [0.4, 0.5) is 16.2 Å². The molecule has 2 aromatic rings. The lowest BCUT2D eigenvalue weighted by atomic mass is 10.2. The highest BCUT2D eigenvalue weighted by Crippen LogP contribution is 2.16. The number of hydrogen-bond donors (Lipinski definition) is 4. The molecule has 0 bridgehead atoms. The lowest BCUT2D eigenvalue weighted by Crippen LogP contribution is -2.19. The molecule has 0 fully saturated rings. The van der Waals surface area contributed by atoms with Crippen LogP contribution in [0.5, 0.6) is 0 Å². The van der Waals surface area contributed by atoms with Crippen LogP contribution in [0, 0.1) is 0 Å². The maximum absolute atomic E-state index is 11.3. The van der Waals surface area contributed by atoms with Gasteiger partial charge in [0.15, 0.2) is 0 Å². The monoisotopic (exact) mass is 293 g/mol. The number of rotatable bonds is 4. The number of anilines is 2. The van der Waals surface area contributed by atoms with Crippen molar-refractivity contribution < 1.29 is 4.79 Å². The Balaban J connectivity index is 2.02. The quantitative estimate of drug-likeness (QED) is 0.684. The van der Waals surface area contributed by atoms with Gasteiger partial charge < -0.3 is 16.4 Å². The number of halogens is 1. The number of H-pyrrole nitrogens is 1. The number of aromatic amines is 1. The first-order valence-electron chi connectivity index (χ1n) is 5.68. The summed E-state index contributed by atoms with van der Waals surface area (Å²) in [6.45, 7) is 0.460. The van der Waals surface area contributed by atoms with E-state index in [1.54, 1.807) is 12.1 Å². The van der Waals surface area contributed by atoms with E-state index in [1.807, 2.05) is 12.1 Å². The molecule has 1 aromatic carbocycles. The Bertz CT molecular complexity index is 668. The first-order chi connectivity index (χ1) is 9.56. The van der Waals surface area contributed by atoms with Crippen molar-refractivity contribution in [2.24, 2.45) is 5.73 Å². The molecular formula is C12H12ClN5O2. The second-order valence-corrected chi connectivity index (χ2v) is 4.34. The number of aromatic nitrogens is 2. The van der Waals surface area contributed by atoms with Crippen LogP contribution in [-0.2, 0) is 6.54 Å². The number of amides is 2. The molecule has 0 atom stereocenters. The fourth-order valence-electron chi connectivity index (χ4n) is 1.55. The second-order valence-electron chi connectivity index (χ2n) is 3.97. The molecule has 1 heterocycles. The van der Waals surface area contributed by atoms with E-state index < -0.39 is 11.6 Å². The molecular weight excluding hydrogens is 282 g/mol. The van der Waals surface area contributed by atoms with Crippen molar-refractivity contribution >= 4 is 29.0 Å². The number of hydrogen-bond acceptors (Lipinski definition) is 4. The smallest absolute Gasteiger partial charge is 0.316 e. The summed E-state index contributed by atoms with van der Waals surface area (Å²) in [6, 6.07) is 6.45. The predicted octanol–water partition coefficient (Wildman–Crippen LogP) is 1.53. The van der Waals surface area contributed by atoms with E-state index in [9.17, 15) is 9.59 Å². The average molecular weight is 294 g/mol. The Morgan fingerprint density at radius 1 is 1.35 bits per heavy atom. The minimum absolute atomic E-state index is 0.0621. The van der Waals surface area contributed by atoms with E-state index in [4.69, 9.17) is 17.3 Å². The Kier molecular flexibility index (Phi) is 4.21. The van der Waals surface area contributed by atoms with Gasteiger partial charge >= 0.3 is 6.03 Å². The molecule has 0 aliphatic rings. The van der Waals surface area contributed by atoms with Gasteiger partial charge in [0.25, 0.3) is 5.56 Å². The van der Waals surface area contributed by atoms with Crippen LogP contribution >= 0.6 is 11.6 Å². The third-order valence-corrected chi connectivity index (χ3v) is 2.88. The van der Waals surface area contributed by atoms with Crippen molar-refractivity contribution in [3.8, 4) is 0 Å². The van der Waals surface area contributed by atoms with Gasteiger partial charge in [0.05, 0.1) is 11.9 Å². The first-order valence-corrected chi connectivity index (χ1v) is 6.06. The second kappa shape index (κ2) is 6.07. The van der Waals surface area contributed by atoms with Gasteiger partial charge in [0, 0.05) is 12.2 Å². The fourth-order valence-corrected chi connectivity index (χ4v) is 1.71. The van der Waals surface area contributed by atoms with Crippen molar-refractivity contribution in [3.05, 3.63) is 51.4 Å². The molecule has 2 rings (SSSR count). The standard InChI is InChI=1S/C12H12ClN5O2/c13-10-9(6-16-18-11(10)19)15-5-7-1-3-8(4-2-7)17-12(14)20/h1-4,6H,5H2,(H3,14,17,20)(H2,15,18,19). The van der Waals surface area contributed by atoms with Crippen LogP contribution < -0.4 is 21.9 Å². The summed E-state index contributed by atoms with van der Waals surface area (Å²) in [5.41, 5.74) is 6.57. The minimum atomic E-state index is -0.614. The Morgan fingerprint density at radius 3 is 2.70 bits per heavy atom. The van der Waals surface area contributed by atoms with E-state index in [0.717, 1.165) is 5.56 Å². The summed E-state index contributed by atoms with van der Waals surface area (Å²) >= 11 is 5.83. The summed E-state index contributed by atoms with van der Waals surface area (Å²) in [5, 5.41) is 11.4. The van der Waals surface area contributed by atoms with E-state index >= 15 is 0 Å². The number of benzene rings is 1. The number of primary amides is 1. The zero-order chi connectivity index (χ0) is 14.5. The van der Waals surface area contributed by atoms with E-state index in [0.29, 0.717) is 17.9 Å². The molecule has 0 aliphatic carbocycles. The molecule has 0 unspecified atom stereocenters. The lowest BCUT2D eigenvalue weighted by molar-refractivity contribution is 0.259. The summed E-state index contributed by atoms with van der Waals surface area (Å²) in [4.78, 5) is 21.9. The Hall–Kier alpha value is -2.54. The van der Waals surface area contributed by atoms with Gasteiger partial charge in [-0.15, -0.1) is 0 Å². The average Bonchev–Trinajstić information content (AvgIpc) is 2.41. The van der Waals surface area contributed by atoms with Crippen molar-refractivity contribution in [1.82, 2.24) is 10.2 Å². The zero-order valence-corrected chi connectivity index (χ0v) is 11.1. The van der Waals surface area contributed by atoms with Crippen molar-refractivity contribution in [2.75, 3.05) is 10.6 Å². The van der Waals surface area contributed by atoms with Gasteiger partial charge in [-0.3, -0.25) is 4.79 Å². The van der Waals surface area contributed by atoms with Crippen LogP contribution in [0.15, 0.2) is 35.3 Å². The third-order valence-electron chi connectivity index (χ3n) is 2.50. The highest BCUT2D eigenvalue weighted by molar-refractivity contribution is 6.32. The number of urea groups is 1. The maximum Gasteiger partial charge on any atom is 0.316 e. The molecule has 8 heteroatoms. The molecule has 20 heavy (non-hydrogen) atoms. The molecule has 0 radical (unpaired) electrons. The van der Waals surface area contributed by atoms with Gasteiger partial charge in [-0.25, -0.2) is 9.89 Å². The number of nitrogens with zero attached hydrogens (tertiary/aromatic N) is 1. The number of nitrogens with two attached hydrogens (primary N) is 1. The topological polar surface area (TPSA) is 113 Å². The molecule has 0 saturated heterocycles. The molecule has 2 amide bonds. The van der Waals surface area contributed by atoms with E-state index in [2.05, 4.69) is 20.8 Å². The summed E-state index contributed by atoms with van der Waals surface area (Å²) < 4.78 is 0. The Morgan fingerprint density at radius 2 is 2.05 bits per heavy atom. The highest BCUT2D eigenvalue weighted by Gasteiger charge is 2.04. The van der Waals surface area contributed by atoms with Gasteiger partial charge in [-0.1, -0.05) is 23.7 Å². The number of nitrogens with one attached hydrogen (secondary N) is 3. The normalized spacial score (nSPS) is 10.1. The summed E-state index contributed by atoms with van der Waals surface area (Å²) in [7, 11) is 0. The largest absolute Gasteiger partial charge is 0.378 e. The Labute approximate surface area is 119 Å². The van der Waals surface area contributed by atoms with Crippen LogP contribution in [0.2, 0.25) is 5.02 Å². The molecule has 7 nitrogen and oxygen atoms in total.